The first kappa shape index (κ1) is 22.7. The van der Waals surface area contributed by atoms with Gasteiger partial charge in [-0.15, -0.1) is 5.73 Å². The van der Waals surface area contributed by atoms with Crippen molar-refractivity contribution in [3.63, 3.8) is 0 Å². The Morgan fingerprint density at radius 1 is 0.765 bits per heavy atom. The molecule has 0 N–H and O–H groups in total. The number of benzene rings is 3. The van der Waals surface area contributed by atoms with Crippen LogP contribution in [0.2, 0.25) is 0 Å². The van der Waals surface area contributed by atoms with Gasteiger partial charge in [-0.2, -0.15) is 0 Å². The van der Waals surface area contributed by atoms with E-state index in [0.717, 1.165) is 22.2 Å². The van der Waals surface area contributed by atoms with Crippen molar-refractivity contribution in [1.82, 2.24) is 0 Å². The van der Waals surface area contributed by atoms with Gasteiger partial charge in [-0.1, -0.05) is 79.7 Å². The molecule has 0 spiro atoms. The smallest absolute Gasteiger partial charge is 0.399 e. The minimum atomic E-state index is -0.469. The maximum absolute atomic E-state index is 6.59. The Bertz CT molecular complexity index is 1280. The van der Waals surface area contributed by atoms with Gasteiger partial charge in [-0.25, -0.2) is 0 Å². The Balaban J connectivity index is 1.80. The van der Waals surface area contributed by atoms with E-state index >= 15 is 0 Å². The molecule has 3 aromatic carbocycles. The maximum Gasteiger partial charge on any atom is 0.495 e. The molecule has 2 nitrogen and oxygen atoms in total. The van der Waals surface area contributed by atoms with E-state index in [2.05, 4.69) is 131 Å². The number of hydrogen-bond acceptors (Lipinski definition) is 2. The molecule has 0 saturated carbocycles. The van der Waals surface area contributed by atoms with Crippen LogP contribution in [0.25, 0.3) is 27.8 Å². The standard InChI is InChI=1S/C31H31BO2/c1-22-13-12-18-25(19-22)26-20-27(23-14-8-6-9-15-23)29(24-16-10-7-11-17-24)28(21-26)32-33-30(2,3)31(4,5)34-32/h6-11,13-22H,1-5H3. The lowest BCUT2D eigenvalue weighted by atomic mass is 9.70. The average Bonchev–Trinajstić information content (AvgIpc) is 3.06. The molecular weight excluding hydrogens is 415 g/mol. The topological polar surface area (TPSA) is 18.5 Å². The highest BCUT2D eigenvalue weighted by Crippen LogP contribution is 2.40. The van der Waals surface area contributed by atoms with Crippen LogP contribution in [0.4, 0.5) is 0 Å². The second kappa shape index (κ2) is 8.60. The van der Waals surface area contributed by atoms with Crippen LogP contribution >= 0.6 is 0 Å². The largest absolute Gasteiger partial charge is 0.495 e. The lowest BCUT2D eigenvalue weighted by molar-refractivity contribution is 0.00578. The first-order valence-electron chi connectivity index (χ1n) is 12.0. The molecule has 1 heterocycles. The Labute approximate surface area is 203 Å². The summed E-state index contributed by atoms with van der Waals surface area (Å²) in [6, 6.07) is 25.7. The van der Waals surface area contributed by atoms with Crippen LogP contribution in [0.15, 0.2) is 96.8 Å². The van der Waals surface area contributed by atoms with Crippen molar-refractivity contribution < 1.29 is 9.31 Å². The molecule has 1 saturated heterocycles. The maximum atomic E-state index is 6.59. The van der Waals surface area contributed by atoms with E-state index in [1.165, 1.54) is 16.7 Å². The molecule has 2 aliphatic rings. The Kier molecular flexibility index (Phi) is 5.74. The van der Waals surface area contributed by atoms with E-state index in [1.54, 1.807) is 0 Å². The van der Waals surface area contributed by atoms with Gasteiger partial charge in [0.15, 0.2) is 0 Å². The molecule has 0 amide bonds. The van der Waals surface area contributed by atoms with Crippen LogP contribution < -0.4 is 5.46 Å². The molecule has 170 valence electrons. The fourth-order valence-corrected chi connectivity index (χ4v) is 4.61. The van der Waals surface area contributed by atoms with Gasteiger partial charge in [0.25, 0.3) is 0 Å². The van der Waals surface area contributed by atoms with Crippen molar-refractivity contribution in [2.45, 2.75) is 45.8 Å². The van der Waals surface area contributed by atoms with Gasteiger partial charge >= 0.3 is 7.12 Å². The predicted octanol–water partition coefficient (Wildman–Crippen LogP) is 7.06. The van der Waals surface area contributed by atoms with Crippen molar-refractivity contribution in [3.8, 4) is 22.3 Å². The highest BCUT2D eigenvalue weighted by molar-refractivity contribution is 6.64. The third-order valence-electron chi connectivity index (χ3n) is 7.20. The predicted molar refractivity (Wildman–Crippen MR) is 143 cm³/mol. The summed E-state index contributed by atoms with van der Waals surface area (Å²) >= 11 is 0. The summed E-state index contributed by atoms with van der Waals surface area (Å²) in [4.78, 5) is 0. The molecule has 5 rings (SSSR count). The SMILES string of the molecule is CC1C=C=CC(c2cc(B3OC(C)(C)C(C)(C)O3)c(-c3ccccc3)c(-c3ccccc3)c2)=C1. The molecule has 3 aromatic rings. The van der Waals surface area contributed by atoms with E-state index in [1.807, 2.05) is 0 Å². The van der Waals surface area contributed by atoms with Crippen LogP contribution in [0.5, 0.6) is 0 Å². The summed E-state index contributed by atoms with van der Waals surface area (Å²) in [6.07, 6.45) is 6.45. The van der Waals surface area contributed by atoms with Crippen molar-refractivity contribution >= 4 is 18.2 Å². The van der Waals surface area contributed by atoms with E-state index in [0.29, 0.717) is 5.92 Å². The highest BCUT2D eigenvalue weighted by atomic mass is 16.7. The molecule has 0 bridgehead atoms. The van der Waals surface area contributed by atoms with Crippen LogP contribution in [0.3, 0.4) is 0 Å². The zero-order valence-electron chi connectivity index (χ0n) is 20.6. The van der Waals surface area contributed by atoms with Gasteiger partial charge in [0.2, 0.25) is 0 Å². The van der Waals surface area contributed by atoms with Crippen molar-refractivity contribution in [3.05, 3.63) is 102 Å². The molecule has 3 heteroatoms. The van der Waals surface area contributed by atoms with E-state index < -0.39 is 18.3 Å². The number of hydrogen-bond donors (Lipinski definition) is 0. The van der Waals surface area contributed by atoms with Crippen molar-refractivity contribution in [2.75, 3.05) is 0 Å². The molecule has 1 unspecified atom stereocenters. The second-order valence-electron chi connectivity index (χ2n) is 10.3. The zero-order valence-corrected chi connectivity index (χ0v) is 20.6. The van der Waals surface area contributed by atoms with Gasteiger partial charge in [-0.05, 0) is 84.8 Å². The summed E-state index contributed by atoms with van der Waals surface area (Å²) < 4.78 is 13.2. The minimum Gasteiger partial charge on any atom is -0.399 e. The van der Waals surface area contributed by atoms with Gasteiger partial charge in [0.05, 0.1) is 11.2 Å². The molecule has 1 atom stereocenters. The molecular formula is C31H31BO2. The van der Waals surface area contributed by atoms with E-state index in [4.69, 9.17) is 9.31 Å². The average molecular weight is 446 g/mol. The lowest BCUT2D eigenvalue weighted by Crippen LogP contribution is -2.41. The normalized spacial score (nSPS) is 20.4. The first-order chi connectivity index (χ1) is 16.2. The Morgan fingerprint density at radius 3 is 1.94 bits per heavy atom. The Hall–Kier alpha value is -3.10. The fourth-order valence-electron chi connectivity index (χ4n) is 4.61. The monoisotopic (exact) mass is 446 g/mol. The quantitative estimate of drug-likeness (QED) is 0.315. The zero-order chi connectivity index (χ0) is 23.9. The second-order valence-corrected chi connectivity index (χ2v) is 10.3. The molecule has 1 aliphatic carbocycles. The molecule has 0 radical (unpaired) electrons. The van der Waals surface area contributed by atoms with Crippen LogP contribution in [-0.2, 0) is 9.31 Å². The summed E-state index contributed by atoms with van der Waals surface area (Å²) in [7, 11) is -0.469. The van der Waals surface area contributed by atoms with Crippen LogP contribution in [0, 0.1) is 5.92 Å². The molecule has 1 aliphatic heterocycles. The fraction of sp³-hybridized carbons (Fsp3) is 0.258. The molecule has 34 heavy (non-hydrogen) atoms. The van der Waals surface area contributed by atoms with Gasteiger partial charge < -0.3 is 9.31 Å². The van der Waals surface area contributed by atoms with Crippen LogP contribution in [0.1, 0.15) is 40.2 Å². The van der Waals surface area contributed by atoms with E-state index in [-0.39, 0.29) is 0 Å². The summed E-state index contributed by atoms with van der Waals surface area (Å²) in [5.74, 6) is 0.342. The summed E-state index contributed by atoms with van der Waals surface area (Å²) in [6.45, 7) is 10.6. The third-order valence-corrected chi connectivity index (χ3v) is 7.20. The van der Waals surface area contributed by atoms with Gasteiger partial charge in [0, 0.05) is 5.92 Å². The summed E-state index contributed by atoms with van der Waals surface area (Å²) in [5.41, 5.74) is 10.5. The van der Waals surface area contributed by atoms with Crippen LogP contribution in [-0.4, -0.2) is 18.3 Å². The van der Waals surface area contributed by atoms with Crippen molar-refractivity contribution in [2.24, 2.45) is 5.92 Å². The highest BCUT2D eigenvalue weighted by Gasteiger charge is 2.52. The summed E-state index contributed by atoms with van der Waals surface area (Å²) in [5, 5.41) is 0. The Morgan fingerprint density at radius 2 is 1.35 bits per heavy atom. The first-order valence-corrected chi connectivity index (χ1v) is 12.0. The molecule has 0 aromatic heterocycles. The molecule has 1 fully saturated rings. The minimum absolute atomic E-state index is 0.342. The number of allylic oxidation sites excluding steroid dienone is 3. The lowest BCUT2D eigenvalue weighted by Gasteiger charge is -2.32. The van der Waals surface area contributed by atoms with E-state index in [9.17, 15) is 0 Å². The van der Waals surface area contributed by atoms with Gasteiger partial charge in [-0.3, -0.25) is 0 Å². The third kappa shape index (κ3) is 4.12. The van der Waals surface area contributed by atoms with Crippen molar-refractivity contribution in [1.29, 1.82) is 0 Å². The van der Waals surface area contributed by atoms with Gasteiger partial charge in [0.1, 0.15) is 0 Å². The number of rotatable bonds is 4.